The minimum atomic E-state index is -2.25. The molecule has 0 amide bonds. The van der Waals surface area contributed by atoms with Crippen molar-refractivity contribution in [3.63, 3.8) is 0 Å². The van der Waals surface area contributed by atoms with E-state index in [1.165, 1.54) is 13.8 Å². The lowest BCUT2D eigenvalue weighted by Crippen LogP contribution is -2.69. The number of carbonyl (C=O) groups excluding carboxylic acids is 4. The highest BCUT2D eigenvalue weighted by molar-refractivity contribution is 5.80. The fourth-order valence-electron chi connectivity index (χ4n) is 23.1. The van der Waals surface area contributed by atoms with Crippen LogP contribution in [-0.2, 0) is 99.8 Å². The quantitative estimate of drug-likeness (QED) is 0.0107. The molecule has 7 saturated heterocycles. The molecule has 0 radical (unpaired) electrons. The molecule has 740 valence electrons. The van der Waals surface area contributed by atoms with Gasteiger partial charge < -0.3 is 183 Å². The van der Waals surface area contributed by atoms with Gasteiger partial charge in [-0.15, -0.1) is 0 Å². The summed E-state index contributed by atoms with van der Waals surface area (Å²) in [5.41, 5.74) is -5.31. The molecule has 16 unspecified atom stereocenters. The van der Waals surface area contributed by atoms with Gasteiger partial charge in [-0.05, 0) is 129 Å². The molecule has 41 nitrogen and oxygen atoms in total. The highest BCUT2D eigenvalue weighted by atomic mass is 16.8. The largest absolute Gasteiger partial charge is 0.479 e. The third-order valence-corrected chi connectivity index (χ3v) is 31.7. The second-order valence-electron chi connectivity index (χ2n) is 40.3. The van der Waals surface area contributed by atoms with Crippen molar-refractivity contribution in [2.45, 2.75) is 426 Å². The van der Waals surface area contributed by atoms with Gasteiger partial charge in [0.05, 0.1) is 86.9 Å². The number of carboxylic acid groups (broad SMARTS) is 1. The second-order valence-corrected chi connectivity index (χ2v) is 40.3. The molecule has 0 spiro atoms. The van der Waals surface area contributed by atoms with Gasteiger partial charge in [0.2, 0.25) is 6.29 Å². The lowest BCUT2D eigenvalue weighted by molar-refractivity contribution is -0.391. The number of carboxylic acids is 1. The average molecular weight is 1860 g/mol. The molecule has 41 heteroatoms. The predicted molar refractivity (Wildman–Crippen MR) is 435 cm³/mol. The van der Waals surface area contributed by atoms with E-state index in [4.69, 9.17) is 75.8 Å². The topological polar surface area (TPSA) is 638 Å². The minimum absolute atomic E-state index is 0.0280. The van der Waals surface area contributed by atoms with Crippen LogP contribution < -0.4 is 0 Å². The molecule has 11 fully saturated rings. The van der Waals surface area contributed by atoms with Gasteiger partial charge in [-0.3, -0.25) is 14.4 Å². The number of aliphatic hydroxyl groups excluding tert-OH is 19. The van der Waals surface area contributed by atoms with Crippen molar-refractivity contribution >= 4 is 30.2 Å². The molecule has 48 atom stereocenters. The Bertz CT molecular complexity index is 3790. The summed E-state index contributed by atoms with van der Waals surface area (Å²) in [6.07, 6.45) is -59.3. The summed E-state index contributed by atoms with van der Waals surface area (Å²) in [7, 11) is 0. The van der Waals surface area contributed by atoms with Crippen molar-refractivity contribution in [2.24, 2.45) is 62.1 Å². The maximum Gasteiger partial charge on any atom is 0.335 e. The van der Waals surface area contributed by atoms with Gasteiger partial charge in [-0.1, -0.05) is 101 Å². The molecule has 12 rings (SSSR count). The summed E-state index contributed by atoms with van der Waals surface area (Å²) >= 11 is 0. The number of esters is 3. The SMILES string of the molecule is CC[C@@H]1O[C@@H](O[C@@H](C[C@H](O)CC(=O)O[C@@H](C[C@H](O)CC(=O)O[C@@H]2C(C)O[C@@H](OC(=O)[C@]34CCC(C)(C)CC3C3=CCC5[C@@]6(C)CC[C@H](O[C@@H]7OC(C(=O)O)[C@H](O)[C@H](O[C@@H]8OC[C@@H](O)[C@H](O)C8O)C7O[C@@H]7OC(CO)[C@H](O)[C@H](O)C7O)[C@@](C)(C=O)C6CC[C@@]5(C)[C@]3(C)C[C@H]4O)[C@H](O[C@@H]3OC(C)[C@H](O[C@@H]4OCC(O)[C@H](O)C4O)C(O)[C@@H]3O)C2O)[C@@H](C)CC)[C@@H](C)CC)C(O)C1O. The molecule has 12 aliphatic rings. The molecule has 0 bridgehead atoms. The van der Waals surface area contributed by atoms with Crippen LogP contribution in [0.25, 0.3) is 0 Å². The van der Waals surface area contributed by atoms with Crippen molar-refractivity contribution in [3.05, 3.63) is 11.6 Å². The zero-order valence-corrected chi connectivity index (χ0v) is 75.4. The zero-order chi connectivity index (χ0) is 94.9. The van der Waals surface area contributed by atoms with Crippen LogP contribution in [0.4, 0.5) is 0 Å². The average Bonchev–Trinajstić information content (AvgIpc) is 0.728. The number of aldehydes is 1. The van der Waals surface area contributed by atoms with Gasteiger partial charge in [0, 0.05) is 12.8 Å². The van der Waals surface area contributed by atoms with Gasteiger partial charge in [-0.25, -0.2) is 4.79 Å². The second kappa shape index (κ2) is 41.4. The molecule has 4 saturated carbocycles. The molecule has 0 aromatic rings. The van der Waals surface area contributed by atoms with Crippen LogP contribution in [-0.4, -0.2) is 385 Å². The molecular weight excluding hydrogens is 1710 g/mol. The van der Waals surface area contributed by atoms with Crippen LogP contribution in [0.3, 0.4) is 0 Å². The number of hydrogen-bond donors (Lipinski definition) is 20. The van der Waals surface area contributed by atoms with E-state index in [1.54, 1.807) is 20.8 Å². The maximum atomic E-state index is 16.3. The summed E-state index contributed by atoms with van der Waals surface area (Å²) < 4.78 is 97.0. The van der Waals surface area contributed by atoms with E-state index in [0.717, 1.165) is 11.9 Å². The Kier molecular flexibility index (Phi) is 33.3. The van der Waals surface area contributed by atoms with Gasteiger partial charge >= 0.3 is 23.9 Å². The number of aliphatic carboxylic acids is 1. The summed E-state index contributed by atoms with van der Waals surface area (Å²) in [4.78, 5) is 71.7. The molecule has 20 N–H and O–H groups in total. The number of fused-ring (bicyclic) bond motifs is 7. The highest BCUT2D eigenvalue weighted by Crippen LogP contribution is 2.76. The number of ether oxygens (including phenoxy) is 16. The van der Waals surface area contributed by atoms with Crippen LogP contribution >= 0.6 is 0 Å². The first-order valence-corrected chi connectivity index (χ1v) is 45.8. The lowest BCUT2D eigenvalue weighted by atomic mass is 9.33. The normalized spacial score (nSPS) is 48.4. The van der Waals surface area contributed by atoms with Crippen molar-refractivity contribution in [1.29, 1.82) is 0 Å². The molecule has 7 heterocycles. The van der Waals surface area contributed by atoms with E-state index in [1.807, 2.05) is 34.6 Å². The van der Waals surface area contributed by atoms with Crippen LogP contribution in [0.2, 0.25) is 0 Å². The van der Waals surface area contributed by atoms with Crippen molar-refractivity contribution in [3.8, 4) is 0 Å². The summed E-state index contributed by atoms with van der Waals surface area (Å²) in [6, 6.07) is 0. The molecule has 0 aromatic carbocycles. The smallest absolute Gasteiger partial charge is 0.335 e. The van der Waals surface area contributed by atoms with Crippen LogP contribution in [0.15, 0.2) is 11.6 Å². The summed E-state index contributed by atoms with van der Waals surface area (Å²) in [6.45, 7) is 22.0. The Morgan fingerprint density at radius 1 is 0.512 bits per heavy atom. The monoisotopic (exact) mass is 1850 g/mol. The van der Waals surface area contributed by atoms with E-state index in [0.29, 0.717) is 57.8 Å². The zero-order valence-electron chi connectivity index (χ0n) is 75.4. The van der Waals surface area contributed by atoms with Crippen molar-refractivity contribution in [2.75, 3.05) is 19.8 Å². The van der Waals surface area contributed by atoms with E-state index >= 15 is 4.79 Å². The summed E-state index contributed by atoms with van der Waals surface area (Å²) in [5.74, 6) is -6.90. The van der Waals surface area contributed by atoms with Gasteiger partial charge in [0.25, 0.3) is 0 Å². The first-order valence-electron chi connectivity index (χ1n) is 45.8. The molecular formula is C88H142O41. The standard InChI is InChI=1S/C88H142O41/c1-14-35(4)46(118-53(96)27-40(92)26-47(36(5)15-2)120-78-63(106)57(100)45(16-3)119-78)25-39(91)28-54(97)123-69-38(7)117-80(72(66(69)109)127-77-65(108)60(103)68(37(6)116-77)124-75-61(104)55(98)43(93)32-114-75)129-82(113)88-24-23-83(8,9)29-42(88)41-17-18-50-84(10)21-20-52(85(11,34-90)49(84)19-22-86(50,12)87(41,13)30-51(88)95)122-81-73(128-79-64(107)59(102)58(101)48(31-89)121-79)70(67(110)71(126-81)74(111)112)125-76-62(105)56(99)44(94)33-115-76/h17,34-40,42-52,55-73,75-81,89,91-95,98-110H,14-16,18-33H2,1-13H3,(H,111,112)/t35-,36-,37?,38?,39-,40-,42?,43?,44+,45-,46-,47-,48?,49?,50?,51+,52-,55-,56-,57?,58-,59-,60?,61?,62?,63?,64?,65-,66?,67+,68-,69+,70-,71?,72+,73?,75-,76-,77-,78-,79-,80-,81+,84-,85-,86+,87+,88+/m0/s1. The number of allylic oxidation sites excluding steroid dienone is 2. The fourth-order valence-corrected chi connectivity index (χ4v) is 23.1. The van der Waals surface area contributed by atoms with Gasteiger partial charge in [0.15, 0.2) is 56.1 Å². The first kappa shape index (κ1) is 104. The first-order chi connectivity index (χ1) is 60.5. The minimum Gasteiger partial charge on any atom is -0.479 e. The fraction of sp³-hybridized carbons (Fsp3) is 0.920. The van der Waals surface area contributed by atoms with E-state index in [2.05, 4.69) is 26.8 Å². The van der Waals surface area contributed by atoms with E-state index in [-0.39, 0.29) is 43.9 Å². The number of aliphatic hydroxyl groups is 19. The maximum absolute atomic E-state index is 16.3. The third kappa shape index (κ3) is 20.2. The number of rotatable bonds is 32. The Hall–Kier alpha value is -3.99. The molecule has 129 heavy (non-hydrogen) atoms. The van der Waals surface area contributed by atoms with Crippen LogP contribution in [0, 0.1) is 62.1 Å². The Labute approximate surface area is 748 Å². The van der Waals surface area contributed by atoms with Crippen molar-refractivity contribution in [1.82, 2.24) is 0 Å². The van der Waals surface area contributed by atoms with Crippen molar-refractivity contribution < 1.29 is 202 Å². The third-order valence-electron chi connectivity index (χ3n) is 31.7. The van der Waals surface area contributed by atoms with E-state index in [9.17, 15) is 121 Å². The predicted octanol–water partition coefficient (Wildman–Crippen LogP) is -2.73. The van der Waals surface area contributed by atoms with Gasteiger partial charge in [0.1, 0.15) is 134 Å². The Morgan fingerprint density at radius 3 is 1.64 bits per heavy atom. The lowest BCUT2D eigenvalue weighted by Gasteiger charge is -2.71. The molecule has 7 aliphatic heterocycles. The van der Waals surface area contributed by atoms with Crippen LogP contribution in [0.5, 0.6) is 0 Å². The van der Waals surface area contributed by atoms with Gasteiger partial charge in [-0.2, -0.15) is 0 Å². The van der Waals surface area contributed by atoms with Crippen LogP contribution in [0.1, 0.15) is 193 Å². The summed E-state index contributed by atoms with van der Waals surface area (Å²) in [5, 5.41) is 223. The Balaban J connectivity index is 0.785. The number of carbonyl (C=O) groups is 5. The molecule has 5 aliphatic carbocycles. The number of hydrogen-bond acceptors (Lipinski definition) is 40. The van der Waals surface area contributed by atoms with E-state index < -0.39 is 340 Å². The Morgan fingerprint density at radius 2 is 1.05 bits per heavy atom. The highest BCUT2D eigenvalue weighted by Gasteiger charge is 2.73. The molecule has 0 aromatic heterocycles.